The van der Waals surface area contributed by atoms with Crippen molar-refractivity contribution in [3.8, 4) is 0 Å². The molecule has 3 heterocycles. The zero-order valence-corrected chi connectivity index (χ0v) is 13.6. The van der Waals surface area contributed by atoms with Crippen molar-refractivity contribution < 1.29 is 9.59 Å². The van der Waals surface area contributed by atoms with Gasteiger partial charge in [-0.15, -0.1) is 0 Å². The van der Waals surface area contributed by atoms with Crippen molar-refractivity contribution >= 4 is 23.0 Å². The van der Waals surface area contributed by atoms with E-state index in [4.69, 9.17) is 0 Å². The molecule has 0 radical (unpaired) electrons. The maximum Gasteiger partial charge on any atom is 0.272 e. The molecule has 6 heteroatoms. The molecule has 0 aromatic carbocycles. The molecule has 0 spiro atoms. The molecule has 24 heavy (non-hydrogen) atoms. The number of H-pyrrole nitrogens is 1. The third-order valence-electron chi connectivity index (χ3n) is 4.49. The molecule has 0 saturated carbocycles. The second-order valence-corrected chi connectivity index (χ2v) is 6.27. The molecule has 0 unspecified atom stereocenters. The molecule has 1 aliphatic carbocycles. The fourth-order valence-corrected chi connectivity index (χ4v) is 3.39. The minimum atomic E-state index is -0.231. The summed E-state index contributed by atoms with van der Waals surface area (Å²) in [7, 11) is 0. The van der Waals surface area contributed by atoms with Crippen LogP contribution in [-0.4, -0.2) is 26.1 Å². The number of amides is 1. The van der Waals surface area contributed by atoms with Crippen LogP contribution < -0.4 is 5.32 Å². The van der Waals surface area contributed by atoms with E-state index in [9.17, 15) is 9.59 Å². The van der Waals surface area contributed by atoms with Crippen LogP contribution in [0, 0.1) is 13.8 Å². The van der Waals surface area contributed by atoms with Crippen molar-refractivity contribution in [2.24, 2.45) is 0 Å². The van der Waals surface area contributed by atoms with Gasteiger partial charge in [-0.25, -0.2) is 4.98 Å². The lowest BCUT2D eigenvalue weighted by atomic mass is 9.94. The number of aryl methyl sites for hydroxylation is 2. The van der Waals surface area contributed by atoms with Crippen molar-refractivity contribution in [3.05, 3.63) is 52.7 Å². The van der Waals surface area contributed by atoms with Gasteiger partial charge in [-0.3, -0.25) is 9.59 Å². The van der Waals surface area contributed by atoms with Gasteiger partial charge >= 0.3 is 0 Å². The first-order valence-electron chi connectivity index (χ1n) is 8.04. The summed E-state index contributed by atoms with van der Waals surface area (Å²) in [4.78, 5) is 32.2. The zero-order valence-electron chi connectivity index (χ0n) is 13.6. The third-order valence-corrected chi connectivity index (χ3v) is 4.49. The number of aromatic nitrogens is 3. The van der Waals surface area contributed by atoms with E-state index >= 15 is 0 Å². The number of carbonyl (C=O) groups is 2. The first kappa shape index (κ1) is 14.7. The number of carbonyl (C=O) groups excluding carboxylic acids is 2. The van der Waals surface area contributed by atoms with E-state index in [0.29, 0.717) is 23.4 Å². The van der Waals surface area contributed by atoms with E-state index in [-0.39, 0.29) is 11.7 Å². The highest BCUT2D eigenvalue weighted by Crippen LogP contribution is 2.27. The predicted molar refractivity (Wildman–Crippen MR) is 90.7 cm³/mol. The molecule has 0 saturated heterocycles. The SMILES string of the molecule is Cc1cn2cc(NC(=O)c3[nH]c4c(c3C)C(=O)CCC4)ccc2n1. The van der Waals surface area contributed by atoms with Gasteiger partial charge in [0.1, 0.15) is 11.3 Å². The monoisotopic (exact) mass is 322 g/mol. The van der Waals surface area contributed by atoms with Crippen molar-refractivity contribution in [2.45, 2.75) is 33.1 Å². The summed E-state index contributed by atoms with van der Waals surface area (Å²) in [6, 6.07) is 3.68. The maximum atomic E-state index is 12.6. The standard InChI is InChI=1S/C18H18N4O2/c1-10-8-22-9-12(6-7-15(22)19-10)20-18(24)17-11(2)16-13(21-17)4-3-5-14(16)23/h6-9,21H,3-5H2,1-2H3,(H,20,24). The molecule has 4 rings (SSSR count). The van der Waals surface area contributed by atoms with Gasteiger partial charge in [0, 0.05) is 30.1 Å². The molecule has 0 bridgehead atoms. The minimum absolute atomic E-state index is 0.124. The summed E-state index contributed by atoms with van der Waals surface area (Å²) >= 11 is 0. The van der Waals surface area contributed by atoms with E-state index in [1.54, 1.807) is 0 Å². The van der Waals surface area contributed by atoms with E-state index in [1.807, 2.05) is 42.8 Å². The Morgan fingerprint density at radius 3 is 2.88 bits per heavy atom. The number of nitrogens with zero attached hydrogens (tertiary/aromatic N) is 2. The number of rotatable bonds is 2. The van der Waals surface area contributed by atoms with Crippen LogP contribution in [0.25, 0.3) is 5.65 Å². The van der Waals surface area contributed by atoms with Crippen molar-refractivity contribution in [3.63, 3.8) is 0 Å². The number of hydrogen-bond donors (Lipinski definition) is 2. The van der Waals surface area contributed by atoms with E-state index < -0.39 is 0 Å². The first-order valence-corrected chi connectivity index (χ1v) is 8.04. The Bertz CT molecular complexity index is 980. The van der Waals surface area contributed by atoms with Crippen LogP contribution in [0.5, 0.6) is 0 Å². The number of fused-ring (bicyclic) bond motifs is 2. The minimum Gasteiger partial charge on any atom is -0.354 e. The maximum absolute atomic E-state index is 12.6. The summed E-state index contributed by atoms with van der Waals surface area (Å²) in [5.41, 5.74) is 5.24. The van der Waals surface area contributed by atoms with Crippen molar-refractivity contribution in [1.29, 1.82) is 0 Å². The highest BCUT2D eigenvalue weighted by atomic mass is 16.2. The lowest BCUT2D eigenvalue weighted by Gasteiger charge is -2.09. The zero-order chi connectivity index (χ0) is 16.8. The number of aromatic amines is 1. The Labute approximate surface area is 138 Å². The van der Waals surface area contributed by atoms with Crippen LogP contribution in [-0.2, 0) is 6.42 Å². The van der Waals surface area contributed by atoms with E-state index in [0.717, 1.165) is 35.4 Å². The van der Waals surface area contributed by atoms with Crippen LogP contribution in [0.4, 0.5) is 5.69 Å². The molecule has 3 aromatic rings. The number of nitrogens with one attached hydrogen (secondary N) is 2. The topological polar surface area (TPSA) is 79.3 Å². The second kappa shape index (κ2) is 5.33. The summed E-state index contributed by atoms with van der Waals surface area (Å²) in [6.07, 6.45) is 5.95. The summed E-state index contributed by atoms with van der Waals surface area (Å²) in [6.45, 7) is 3.75. The molecule has 3 aromatic heterocycles. The predicted octanol–water partition coefficient (Wildman–Crippen LogP) is 3.05. The van der Waals surface area contributed by atoms with Crippen LogP contribution in [0.15, 0.2) is 24.5 Å². The molecule has 1 aliphatic rings. The third kappa shape index (κ3) is 2.31. The van der Waals surface area contributed by atoms with E-state index in [1.165, 1.54) is 0 Å². The first-order chi connectivity index (χ1) is 11.5. The molecule has 122 valence electrons. The molecule has 0 fully saturated rings. The van der Waals surface area contributed by atoms with Gasteiger partial charge in [0.25, 0.3) is 5.91 Å². The molecule has 1 amide bonds. The van der Waals surface area contributed by atoms with Gasteiger partial charge in [-0.1, -0.05) is 0 Å². The van der Waals surface area contributed by atoms with Crippen molar-refractivity contribution in [2.75, 3.05) is 5.32 Å². The van der Waals surface area contributed by atoms with Crippen LogP contribution >= 0.6 is 0 Å². The number of imidazole rings is 1. The van der Waals surface area contributed by atoms with Crippen LogP contribution in [0.2, 0.25) is 0 Å². The Hall–Kier alpha value is -2.89. The average molecular weight is 322 g/mol. The summed E-state index contributed by atoms with van der Waals surface area (Å²) < 4.78 is 1.88. The summed E-state index contributed by atoms with van der Waals surface area (Å²) in [5, 5.41) is 2.89. The molecule has 2 N–H and O–H groups in total. The summed E-state index contributed by atoms with van der Waals surface area (Å²) in [5.74, 6) is -0.106. The smallest absolute Gasteiger partial charge is 0.272 e. The Morgan fingerprint density at radius 2 is 2.08 bits per heavy atom. The highest BCUT2D eigenvalue weighted by Gasteiger charge is 2.26. The Balaban J connectivity index is 1.65. The van der Waals surface area contributed by atoms with Gasteiger partial charge in [-0.05, 0) is 44.4 Å². The second-order valence-electron chi connectivity index (χ2n) is 6.27. The average Bonchev–Trinajstić information content (AvgIpc) is 3.07. The van der Waals surface area contributed by atoms with Gasteiger partial charge in [0.15, 0.2) is 5.78 Å². The molecule has 0 aliphatic heterocycles. The van der Waals surface area contributed by atoms with Crippen molar-refractivity contribution in [1.82, 2.24) is 14.4 Å². The van der Waals surface area contributed by atoms with Gasteiger partial charge < -0.3 is 14.7 Å². The largest absolute Gasteiger partial charge is 0.354 e. The lowest BCUT2D eigenvalue weighted by Crippen LogP contribution is -2.14. The fraction of sp³-hybridized carbons (Fsp3) is 0.278. The number of pyridine rings is 1. The van der Waals surface area contributed by atoms with E-state index in [2.05, 4.69) is 15.3 Å². The van der Waals surface area contributed by atoms with Gasteiger partial charge in [0.2, 0.25) is 0 Å². The normalized spacial score (nSPS) is 14.0. The highest BCUT2D eigenvalue weighted by molar-refractivity contribution is 6.08. The molecular weight excluding hydrogens is 304 g/mol. The Morgan fingerprint density at radius 1 is 1.25 bits per heavy atom. The number of Topliss-reactive ketones (excluding diaryl/α,β-unsaturated/α-hetero) is 1. The number of hydrogen-bond acceptors (Lipinski definition) is 3. The van der Waals surface area contributed by atoms with Gasteiger partial charge in [-0.2, -0.15) is 0 Å². The number of ketones is 1. The lowest BCUT2D eigenvalue weighted by molar-refractivity contribution is 0.0971. The van der Waals surface area contributed by atoms with Crippen LogP contribution in [0.1, 0.15) is 50.6 Å². The van der Waals surface area contributed by atoms with Crippen LogP contribution in [0.3, 0.4) is 0 Å². The molecule has 0 atom stereocenters. The molecular formula is C18H18N4O2. The quantitative estimate of drug-likeness (QED) is 0.761. The molecule has 6 nitrogen and oxygen atoms in total. The number of anilines is 1. The van der Waals surface area contributed by atoms with Gasteiger partial charge in [0.05, 0.1) is 11.4 Å². The fourth-order valence-electron chi connectivity index (χ4n) is 3.39. The Kier molecular flexibility index (Phi) is 3.26.